The lowest BCUT2D eigenvalue weighted by atomic mass is 10.3. The van der Waals surface area contributed by atoms with Gasteiger partial charge in [-0.1, -0.05) is 11.6 Å². The van der Waals surface area contributed by atoms with Crippen molar-refractivity contribution < 1.29 is 0 Å². The third-order valence-corrected chi connectivity index (χ3v) is 1.64. The first-order valence-corrected chi connectivity index (χ1v) is 3.27. The second-order valence-electron chi connectivity index (χ2n) is 1.98. The van der Waals surface area contributed by atoms with Gasteiger partial charge in [0, 0.05) is 12.6 Å². The number of hydrogen-bond donors (Lipinski definition) is 0. The van der Waals surface area contributed by atoms with Gasteiger partial charge in [-0.3, -0.25) is 4.99 Å². The predicted octanol–water partition coefficient (Wildman–Crippen LogP) is 1.39. The molecule has 0 saturated heterocycles. The Bertz CT molecular complexity index is 295. The molecule has 4 heteroatoms. The van der Waals surface area contributed by atoms with Gasteiger partial charge in [-0.2, -0.15) is 0 Å². The van der Waals surface area contributed by atoms with E-state index in [2.05, 4.69) is 15.0 Å². The molecule has 0 radical (unpaired) electrons. The van der Waals surface area contributed by atoms with Crippen LogP contribution >= 0.6 is 11.6 Å². The predicted molar refractivity (Wildman–Crippen MR) is 38.9 cm³/mol. The highest BCUT2D eigenvalue weighted by Crippen LogP contribution is 2.27. The third kappa shape index (κ3) is 0.708. The molecule has 1 aromatic rings. The summed E-state index contributed by atoms with van der Waals surface area (Å²) in [5, 5.41) is 0.443. The Morgan fingerprint density at radius 2 is 2.30 bits per heavy atom. The molecule has 2 heterocycles. The van der Waals surface area contributed by atoms with Gasteiger partial charge in [0.2, 0.25) is 0 Å². The molecule has 0 unspecified atom stereocenters. The number of nitrogens with zero attached hydrogens (tertiary/aromatic N) is 3. The number of fused-ring (bicyclic) bond motifs is 1. The first-order valence-electron chi connectivity index (χ1n) is 2.90. The van der Waals surface area contributed by atoms with E-state index in [1.54, 1.807) is 6.21 Å². The first kappa shape index (κ1) is 5.80. The van der Waals surface area contributed by atoms with E-state index in [-0.39, 0.29) is 0 Å². The van der Waals surface area contributed by atoms with Crippen LogP contribution in [0.1, 0.15) is 5.69 Å². The van der Waals surface area contributed by atoms with Crippen LogP contribution in [0.2, 0.25) is 5.15 Å². The molecule has 0 aliphatic carbocycles. The fourth-order valence-corrected chi connectivity index (χ4v) is 1.09. The van der Waals surface area contributed by atoms with E-state index in [1.807, 2.05) is 0 Å². The van der Waals surface area contributed by atoms with E-state index in [0.717, 1.165) is 17.8 Å². The Hall–Kier alpha value is -0.960. The summed E-state index contributed by atoms with van der Waals surface area (Å²) in [6, 6.07) is 0. The molecule has 10 heavy (non-hydrogen) atoms. The maximum absolute atomic E-state index is 5.70. The monoisotopic (exact) mass is 153 g/mol. The summed E-state index contributed by atoms with van der Waals surface area (Å²) in [4.78, 5) is 11.8. The van der Waals surface area contributed by atoms with Gasteiger partial charge in [-0.15, -0.1) is 0 Å². The van der Waals surface area contributed by atoms with Gasteiger partial charge in [0.15, 0.2) is 5.15 Å². The minimum atomic E-state index is 0.443. The van der Waals surface area contributed by atoms with Gasteiger partial charge in [-0.05, 0) is 0 Å². The Balaban J connectivity index is 2.67. The smallest absolute Gasteiger partial charge is 0.158 e. The van der Waals surface area contributed by atoms with Crippen LogP contribution in [0, 0.1) is 0 Å². The molecule has 0 bridgehead atoms. The lowest BCUT2D eigenvalue weighted by Crippen LogP contribution is -1.86. The van der Waals surface area contributed by atoms with Gasteiger partial charge in [-0.25, -0.2) is 9.97 Å². The zero-order chi connectivity index (χ0) is 6.97. The molecule has 3 nitrogen and oxygen atoms in total. The fourth-order valence-electron chi connectivity index (χ4n) is 0.891. The van der Waals surface area contributed by atoms with Gasteiger partial charge < -0.3 is 0 Å². The summed E-state index contributed by atoms with van der Waals surface area (Å²) >= 11 is 5.70. The van der Waals surface area contributed by atoms with Crippen molar-refractivity contribution in [1.82, 2.24) is 9.97 Å². The van der Waals surface area contributed by atoms with Gasteiger partial charge >= 0.3 is 0 Å². The van der Waals surface area contributed by atoms with Crippen molar-refractivity contribution in [3.05, 3.63) is 17.2 Å². The van der Waals surface area contributed by atoms with Crippen molar-refractivity contribution in [3.8, 4) is 0 Å². The summed E-state index contributed by atoms with van der Waals surface area (Å²) in [5.74, 6) is 0. The van der Waals surface area contributed by atoms with E-state index in [4.69, 9.17) is 11.6 Å². The van der Waals surface area contributed by atoms with Crippen LogP contribution in [-0.2, 0) is 6.42 Å². The normalized spacial score (nSPS) is 13.7. The summed E-state index contributed by atoms with van der Waals surface area (Å²) in [5.41, 5.74) is 1.64. The first-order chi connectivity index (χ1) is 4.88. The summed E-state index contributed by atoms with van der Waals surface area (Å²) in [6.45, 7) is 0. The van der Waals surface area contributed by atoms with E-state index in [0.29, 0.717) is 5.15 Å². The standard InChI is InChI=1S/C6H4ClN3/c7-6-5-4(1-2-8-5)9-3-10-6/h2-3H,1H2. The van der Waals surface area contributed by atoms with E-state index in [1.165, 1.54) is 6.33 Å². The highest BCUT2D eigenvalue weighted by atomic mass is 35.5. The Labute approximate surface area is 62.8 Å². The molecule has 0 fully saturated rings. The number of aromatic nitrogens is 2. The highest BCUT2D eigenvalue weighted by molar-refractivity contribution is 6.32. The molecule has 0 N–H and O–H groups in total. The third-order valence-electron chi connectivity index (χ3n) is 1.36. The van der Waals surface area contributed by atoms with Crippen LogP contribution in [0.25, 0.3) is 0 Å². The number of halogens is 1. The van der Waals surface area contributed by atoms with Gasteiger partial charge in [0.25, 0.3) is 0 Å². The Morgan fingerprint density at radius 1 is 1.40 bits per heavy atom. The average molecular weight is 154 g/mol. The van der Waals surface area contributed by atoms with Crippen molar-refractivity contribution in [1.29, 1.82) is 0 Å². The second kappa shape index (κ2) is 2.02. The number of aliphatic imine (C=N–C) groups is 1. The number of hydrogen-bond acceptors (Lipinski definition) is 3. The van der Waals surface area contributed by atoms with Gasteiger partial charge in [0.05, 0.1) is 5.69 Å². The van der Waals surface area contributed by atoms with Crippen LogP contribution < -0.4 is 0 Å². The molecule has 0 spiro atoms. The summed E-state index contributed by atoms with van der Waals surface area (Å²) in [7, 11) is 0. The van der Waals surface area contributed by atoms with Crippen molar-refractivity contribution in [2.24, 2.45) is 4.99 Å². The van der Waals surface area contributed by atoms with Crippen molar-refractivity contribution >= 4 is 23.5 Å². The minimum absolute atomic E-state index is 0.443. The maximum Gasteiger partial charge on any atom is 0.158 e. The molecule has 0 atom stereocenters. The maximum atomic E-state index is 5.70. The quantitative estimate of drug-likeness (QED) is 0.529. The molecule has 2 rings (SSSR count). The van der Waals surface area contributed by atoms with Crippen LogP contribution in [-0.4, -0.2) is 16.2 Å². The van der Waals surface area contributed by atoms with Crippen LogP contribution in [0.4, 0.5) is 5.69 Å². The van der Waals surface area contributed by atoms with Gasteiger partial charge in [0.1, 0.15) is 12.0 Å². The molecule has 1 aromatic heterocycles. The summed E-state index contributed by atoms with van der Waals surface area (Å²) < 4.78 is 0. The molecule has 1 aliphatic heterocycles. The largest absolute Gasteiger partial charge is 0.256 e. The highest BCUT2D eigenvalue weighted by Gasteiger charge is 2.11. The fraction of sp³-hybridized carbons (Fsp3) is 0.167. The number of rotatable bonds is 0. The molecule has 1 aliphatic rings. The van der Waals surface area contributed by atoms with Crippen molar-refractivity contribution in [2.75, 3.05) is 0 Å². The lowest BCUT2D eigenvalue weighted by molar-refractivity contribution is 1.09. The minimum Gasteiger partial charge on any atom is -0.256 e. The van der Waals surface area contributed by atoms with Crippen LogP contribution in [0.15, 0.2) is 11.3 Å². The SMILES string of the molecule is Clc1ncnc2c1N=CC2. The van der Waals surface area contributed by atoms with E-state index < -0.39 is 0 Å². The molecular weight excluding hydrogens is 150 g/mol. The van der Waals surface area contributed by atoms with Crippen LogP contribution in [0.5, 0.6) is 0 Å². The van der Waals surface area contributed by atoms with Crippen molar-refractivity contribution in [2.45, 2.75) is 6.42 Å². The topological polar surface area (TPSA) is 38.1 Å². The second-order valence-corrected chi connectivity index (χ2v) is 2.33. The van der Waals surface area contributed by atoms with Crippen LogP contribution in [0.3, 0.4) is 0 Å². The molecule has 0 aromatic carbocycles. The van der Waals surface area contributed by atoms with Crippen molar-refractivity contribution in [3.63, 3.8) is 0 Å². The Kier molecular flexibility index (Phi) is 1.17. The lowest BCUT2D eigenvalue weighted by Gasteiger charge is -1.94. The molecule has 0 amide bonds. The molecule has 0 saturated carbocycles. The van der Waals surface area contributed by atoms with E-state index in [9.17, 15) is 0 Å². The zero-order valence-corrected chi connectivity index (χ0v) is 5.84. The Morgan fingerprint density at radius 3 is 3.10 bits per heavy atom. The summed E-state index contributed by atoms with van der Waals surface area (Å²) in [6.07, 6.45) is 4.01. The average Bonchev–Trinajstić information content (AvgIpc) is 2.36. The molecule has 50 valence electrons. The van der Waals surface area contributed by atoms with E-state index >= 15 is 0 Å². The molecular formula is C6H4ClN3. The zero-order valence-electron chi connectivity index (χ0n) is 5.08.